The van der Waals surface area contributed by atoms with Gasteiger partial charge >= 0.3 is 0 Å². The van der Waals surface area contributed by atoms with E-state index in [0.29, 0.717) is 16.4 Å². The largest absolute Gasteiger partial charge is 0.369 e. The van der Waals surface area contributed by atoms with Crippen molar-refractivity contribution >= 4 is 46.1 Å². The van der Waals surface area contributed by atoms with E-state index in [1.54, 1.807) is 29.8 Å². The first kappa shape index (κ1) is 23.4. The van der Waals surface area contributed by atoms with Crippen LogP contribution in [0.5, 0.6) is 0 Å². The first-order valence-corrected chi connectivity index (χ1v) is 12.0. The molecule has 0 aliphatic rings. The van der Waals surface area contributed by atoms with Gasteiger partial charge in [-0.2, -0.15) is 5.10 Å². The summed E-state index contributed by atoms with van der Waals surface area (Å²) in [6.45, 7) is 1.80. The lowest BCUT2D eigenvalue weighted by Gasteiger charge is -2.00. The van der Waals surface area contributed by atoms with Crippen molar-refractivity contribution in [3.63, 3.8) is 0 Å². The van der Waals surface area contributed by atoms with Crippen LogP contribution in [0.15, 0.2) is 71.1 Å². The third-order valence-corrected chi connectivity index (χ3v) is 7.08. The summed E-state index contributed by atoms with van der Waals surface area (Å²) in [7, 11) is 0. The van der Waals surface area contributed by atoms with Crippen molar-refractivity contribution in [3.05, 3.63) is 83.9 Å². The minimum absolute atomic E-state index is 0.147. The average molecular weight is 494 g/mol. The van der Waals surface area contributed by atoms with Gasteiger partial charge in [-0.05, 0) is 49.4 Å². The Morgan fingerprint density at radius 1 is 1.18 bits per heavy atom. The minimum atomic E-state index is -0.417. The number of primary amides is 1. The van der Waals surface area contributed by atoms with Crippen molar-refractivity contribution in [2.24, 2.45) is 5.73 Å². The molecule has 2 amide bonds. The van der Waals surface area contributed by atoms with E-state index in [0.717, 1.165) is 21.2 Å². The fourth-order valence-electron chi connectivity index (χ4n) is 3.07. The highest BCUT2D eigenvalue weighted by molar-refractivity contribution is 8.01. The number of benzene rings is 2. The summed E-state index contributed by atoms with van der Waals surface area (Å²) in [6.07, 6.45) is 4.86. The molecule has 0 radical (unpaired) electrons. The molecular formula is C24H20FN5O2S2. The summed E-state index contributed by atoms with van der Waals surface area (Å²) in [5.74, 6) is -0.972. The third-order valence-electron chi connectivity index (χ3n) is 4.62. The molecular weight excluding hydrogens is 473 g/mol. The number of thioether (sulfide) groups is 1. The molecule has 0 saturated carbocycles. The first-order chi connectivity index (χ1) is 16.4. The minimum Gasteiger partial charge on any atom is -0.369 e. The van der Waals surface area contributed by atoms with Gasteiger partial charge in [0.15, 0.2) is 5.13 Å². The number of hydrogen-bond donors (Lipinski definition) is 2. The van der Waals surface area contributed by atoms with Gasteiger partial charge in [-0.15, -0.1) is 11.8 Å². The van der Waals surface area contributed by atoms with Gasteiger partial charge in [-0.1, -0.05) is 29.5 Å². The van der Waals surface area contributed by atoms with Gasteiger partial charge in [0, 0.05) is 23.4 Å². The maximum absolute atomic E-state index is 13.4. The highest BCUT2D eigenvalue weighted by atomic mass is 32.2. The third kappa shape index (κ3) is 5.77. The molecule has 0 aliphatic carbocycles. The number of thiazole rings is 1. The van der Waals surface area contributed by atoms with Crippen molar-refractivity contribution in [3.8, 4) is 16.9 Å². The molecule has 34 heavy (non-hydrogen) atoms. The molecule has 3 N–H and O–H groups in total. The Balaban J connectivity index is 1.56. The first-order valence-electron chi connectivity index (χ1n) is 10.2. The predicted octanol–water partition coefficient (Wildman–Crippen LogP) is 4.67. The Bertz CT molecular complexity index is 1350. The number of nitrogens with two attached hydrogens (primary N) is 1. The Kier molecular flexibility index (Phi) is 7.19. The lowest BCUT2D eigenvalue weighted by atomic mass is 10.1. The predicted molar refractivity (Wildman–Crippen MR) is 133 cm³/mol. The molecule has 0 bridgehead atoms. The number of aryl methyl sites for hydroxylation is 1. The Morgan fingerprint density at radius 3 is 2.62 bits per heavy atom. The smallest absolute Gasteiger partial charge is 0.250 e. The normalized spacial score (nSPS) is 11.1. The second kappa shape index (κ2) is 10.4. The van der Waals surface area contributed by atoms with Gasteiger partial charge in [0.1, 0.15) is 5.82 Å². The second-order valence-electron chi connectivity index (χ2n) is 7.19. The summed E-state index contributed by atoms with van der Waals surface area (Å²) in [6, 6.07) is 15.6. The van der Waals surface area contributed by atoms with E-state index >= 15 is 0 Å². The summed E-state index contributed by atoms with van der Waals surface area (Å²) in [4.78, 5) is 27.9. The Labute approximate surface area is 203 Å². The zero-order chi connectivity index (χ0) is 24.1. The second-order valence-corrected chi connectivity index (χ2v) is 9.43. The number of anilines is 1. The quantitative estimate of drug-likeness (QED) is 0.274. The number of hydrogen-bond acceptors (Lipinski definition) is 6. The molecule has 0 fully saturated rings. The molecule has 2 aromatic heterocycles. The van der Waals surface area contributed by atoms with Gasteiger partial charge in [0.2, 0.25) is 11.8 Å². The van der Waals surface area contributed by atoms with Gasteiger partial charge < -0.3 is 5.73 Å². The molecule has 4 aromatic rings. The number of amides is 2. The van der Waals surface area contributed by atoms with Crippen LogP contribution in [0, 0.1) is 12.7 Å². The van der Waals surface area contributed by atoms with Crippen LogP contribution >= 0.6 is 23.1 Å². The average Bonchev–Trinajstić information content (AvgIpc) is 3.40. The van der Waals surface area contributed by atoms with Crippen molar-refractivity contribution in [2.75, 3.05) is 11.1 Å². The van der Waals surface area contributed by atoms with Crippen LogP contribution in [-0.4, -0.2) is 32.3 Å². The van der Waals surface area contributed by atoms with E-state index in [4.69, 9.17) is 5.73 Å². The van der Waals surface area contributed by atoms with Crippen LogP contribution in [0.25, 0.3) is 23.0 Å². The van der Waals surface area contributed by atoms with E-state index < -0.39 is 5.91 Å². The van der Waals surface area contributed by atoms with Gasteiger partial charge in [-0.25, -0.2) is 14.1 Å². The van der Waals surface area contributed by atoms with Crippen LogP contribution in [-0.2, 0) is 9.59 Å². The molecule has 0 unspecified atom stereocenters. The van der Waals surface area contributed by atoms with Crippen molar-refractivity contribution in [1.82, 2.24) is 14.8 Å². The number of para-hydroxylation sites is 1. The van der Waals surface area contributed by atoms with Crippen molar-refractivity contribution < 1.29 is 14.0 Å². The van der Waals surface area contributed by atoms with Crippen molar-refractivity contribution in [1.29, 1.82) is 0 Å². The molecule has 0 spiro atoms. The van der Waals surface area contributed by atoms with E-state index in [9.17, 15) is 14.0 Å². The zero-order valence-corrected chi connectivity index (χ0v) is 19.7. The van der Waals surface area contributed by atoms with E-state index in [1.807, 2.05) is 36.5 Å². The lowest BCUT2D eigenvalue weighted by Crippen LogP contribution is -2.12. The van der Waals surface area contributed by atoms with E-state index in [2.05, 4.69) is 15.4 Å². The van der Waals surface area contributed by atoms with Crippen LogP contribution in [0.1, 0.15) is 11.3 Å². The molecule has 0 atom stereocenters. The molecule has 172 valence electrons. The summed E-state index contributed by atoms with van der Waals surface area (Å²) < 4.78 is 16.0. The van der Waals surface area contributed by atoms with Gasteiger partial charge in [-0.3, -0.25) is 14.9 Å². The Hall–Kier alpha value is -3.76. The SMILES string of the molecule is Cc1nc(NC(=O)C=Cc2cn(-c3ccccc3)nc2-c2ccc(F)cc2)sc1SCC(N)=O. The number of nitrogens with one attached hydrogen (secondary N) is 1. The topological polar surface area (TPSA) is 103 Å². The Morgan fingerprint density at radius 2 is 1.91 bits per heavy atom. The highest BCUT2D eigenvalue weighted by Crippen LogP contribution is 2.32. The standard InChI is InChI=1S/C24H20FN5O2S2/c1-15-23(33-14-20(26)31)34-24(27-15)28-21(32)12-9-17-13-30(19-5-3-2-4-6-19)29-22(17)16-7-10-18(25)11-8-16/h2-13H,14H2,1H3,(H2,26,31)(H,27,28,32). The van der Waals surface area contributed by atoms with Crippen LogP contribution in [0.4, 0.5) is 9.52 Å². The van der Waals surface area contributed by atoms with Gasteiger partial charge in [0.25, 0.3) is 0 Å². The molecule has 7 nitrogen and oxygen atoms in total. The molecule has 10 heteroatoms. The van der Waals surface area contributed by atoms with Crippen LogP contribution in [0.2, 0.25) is 0 Å². The van der Waals surface area contributed by atoms with Crippen LogP contribution in [0.3, 0.4) is 0 Å². The van der Waals surface area contributed by atoms with Crippen molar-refractivity contribution in [2.45, 2.75) is 11.1 Å². The number of carbonyl (C=O) groups is 2. The monoisotopic (exact) mass is 493 g/mol. The van der Waals surface area contributed by atoms with E-state index in [1.165, 1.54) is 41.3 Å². The van der Waals surface area contributed by atoms with Crippen LogP contribution < -0.4 is 11.1 Å². The van der Waals surface area contributed by atoms with E-state index in [-0.39, 0.29) is 17.5 Å². The maximum Gasteiger partial charge on any atom is 0.250 e. The fraction of sp³-hybridized carbons (Fsp3) is 0.0833. The molecule has 0 saturated heterocycles. The van der Waals surface area contributed by atoms with Gasteiger partial charge in [0.05, 0.1) is 27.0 Å². The molecule has 0 aliphatic heterocycles. The highest BCUT2D eigenvalue weighted by Gasteiger charge is 2.13. The summed E-state index contributed by atoms with van der Waals surface area (Å²) >= 11 is 2.57. The molecule has 4 rings (SSSR count). The summed E-state index contributed by atoms with van der Waals surface area (Å²) in [5.41, 5.74) is 8.80. The number of carbonyl (C=O) groups excluding carboxylic acids is 2. The maximum atomic E-state index is 13.4. The zero-order valence-electron chi connectivity index (χ0n) is 18.1. The summed E-state index contributed by atoms with van der Waals surface area (Å²) in [5, 5.41) is 7.82. The molecule has 2 heterocycles. The fourth-order valence-corrected chi connectivity index (χ4v) is 4.95. The lowest BCUT2D eigenvalue weighted by molar-refractivity contribution is -0.115. The number of halogens is 1. The molecule has 2 aromatic carbocycles. The number of rotatable bonds is 8. The number of aromatic nitrogens is 3. The number of nitrogens with zero attached hydrogens (tertiary/aromatic N) is 3.